The van der Waals surface area contributed by atoms with Crippen molar-refractivity contribution in [3.63, 3.8) is 0 Å². The smallest absolute Gasteiger partial charge is 0.249 e. The van der Waals surface area contributed by atoms with Crippen molar-refractivity contribution in [1.29, 1.82) is 0 Å². The Hall–Kier alpha value is -1.38. The van der Waals surface area contributed by atoms with Crippen LogP contribution in [0.2, 0.25) is 0 Å². The first-order valence-electron chi connectivity index (χ1n) is 5.63. The first-order chi connectivity index (χ1) is 7.34. The summed E-state index contributed by atoms with van der Waals surface area (Å²) in [6.45, 7) is 0.797. The summed E-state index contributed by atoms with van der Waals surface area (Å²) in [6.07, 6.45) is 9.56. The molecule has 3 rings (SSSR count). The largest absolute Gasteiger partial charge is 0.332 e. The Bertz CT molecular complexity index is 404. The van der Waals surface area contributed by atoms with Gasteiger partial charge in [-0.2, -0.15) is 4.99 Å². The van der Waals surface area contributed by atoms with Crippen molar-refractivity contribution < 1.29 is 4.79 Å². The van der Waals surface area contributed by atoms with Gasteiger partial charge in [0.15, 0.2) is 0 Å². The Morgan fingerprint density at radius 2 is 2.07 bits per heavy atom. The van der Waals surface area contributed by atoms with E-state index < -0.39 is 0 Å². The molecule has 3 nitrogen and oxygen atoms in total. The number of hydrogen-bond acceptors (Lipinski definition) is 2. The van der Waals surface area contributed by atoms with Crippen molar-refractivity contribution in [3.05, 3.63) is 23.4 Å². The molecule has 0 atom stereocenters. The lowest BCUT2D eigenvalue weighted by atomic mass is 9.88. The van der Waals surface area contributed by atoms with E-state index in [9.17, 15) is 4.79 Å². The summed E-state index contributed by atoms with van der Waals surface area (Å²) in [6, 6.07) is 0. The van der Waals surface area contributed by atoms with Gasteiger partial charge < -0.3 is 4.90 Å². The number of allylic oxidation sites excluding steroid dienone is 2. The Morgan fingerprint density at radius 1 is 1.20 bits per heavy atom. The van der Waals surface area contributed by atoms with Gasteiger partial charge in [0.05, 0.1) is 0 Å². The molecule has 0 bridgehead atoms. The lowest BCUT2D eigenvalue weighted by Gasteiger charge is -2.33. The molecule has 1 aliphatic carbocycles. The molecule has 0 spiro atoms. The van der Waals surface area contributed by atoms with Crippen LogP contribution in [0.4, 0.5) is 0 Å². The number of rotatable bonds is 0. The van der Waals surface area contributed by atoms with E-state index in [1.165, 1.54) is 24.0 Å². The van der Waals surface area contributed by atoms with Crippen molar-refractivity contribution in [2.24, 2.45) is 4.99 Å². The molecular formula is C12H14N2O. The predicted molar refractivity (Wildman–Crippen MR) is 58.4 cm³/mol. The van der Waals surface area contributed by atoms with E-state index in [4.69, 9.17) is 0 Å². The highest BCUT2D eigenvalue weighted by atomic mass is 16.1. The van der Waals surface area contributed by atoms with Crippen LogP contribution >= 0.6 is 0 Å². The average Bonchev–Trinajstić information content (AvgIpc) is 2.29. The van der Waals surface area contributed by atoms with Crippen LogP contribution < -0.4 is 0 Å². The molecule has 0 aromatic rings. The predicted octanol–water partition coefficient (Wildman–Crippen LogP) is 2.02. The molecule has 2 aliphatic heterocycles. The summed E-state index contributed by atoms with van der Waals surface area (Å²) in [5, 5.41) is 0. The van der Waals surface area contributed by atoms with Gasteiger partial charge in [0, 0.05) is 19.2 Å². The molecule has 0 unspecified atom stereocenters. The Kier molecular flexibility index (Phi) is 1.97. The van der Waals surface area contributed by atoms with Crippen LogP contribution in [-0.2, 0) is 4.79 Å². The topological polar surface area (TPSA) is 32.7 Å². The minimum absolute atomic E-state index is 0.0361. The Balaban J connectivity index is 2.05. The van der Waals surface area contributed by atoms with Crippen LogP contribution in [0.5, 0.6) is 0 Å². The van der Waals surface area contributed by atoms with Crippen molar-refractivity contribution in [1.82, 2.24) is 4.90 Å². The molecule has 0 aromatic heterocycles. The van der Waals surface area contributed by atoms with Crippen LogP contribution in [-0.4, -0.2) is 23.2 Å². The third-order valence-corrected chi connectivity index (χ3v) is 3.31. The fourth-order valence-electron chi connectivity index (χ4n) is 2.49. The molecule has 1 amide bonds. The van der Waals surface area contributed by atoms with Gasteiger partial charge in [0.25, 0.3) is 0 Å². The SMILES string of the molecule is O=C1CCN2C=CC3=C(CCCC3)C2=N1. The summed E-state index contributed by atoms with van der Waals surface area (Å²) in [5.41, 5.74) is 2.71. The normalized spacial score (nSPS) is 24.9. The van der Waals surface area contributed by atoms with Gasteiger partial charge in [0.1, 0.15) is 5.84 Å². The fourth-order valence-corrected chi connectivity index (χ4v) is 2.49. The molecule has 78 valence electrons. The van der Waals surface area contributed by atoms with E-state index in [0.717, 1.165) is 25.2 Å². The van der Waals surface area contributed by atoms with Crippen molar-refractivity contribution in [3.8, 4) is 0 Å². The highest BCUT2D eigenvalue weighted by molar-refractivity contribution is 6.08. The van der Waals surface area contributed by atoms with E-state index in [2.05, 4.69) is 22.2 Å². The van der Waals surface area contributed by atoms with Gasteiger partial charge in [0.2, 0.25) is 5.91 Å². The molecule has 0 N–H and O–H groups in total. The zero-order chi connectivity index (χ0) is 10.3. The lowest BCUT2D eigenvalue weighted by Crippen LogP contribution is -2.37. The Labute approximate surface area is 89.2 Å². The monoisotopic (exact) mass is 202 g/mol. The molecule has 0 saturated heterocycles. The number of fused-ring (bicyclic) bond motifs is 2. The average molecular weight is 202 g/mol. The summed E-state index contributed by atoms with van der Waals surface area (Å²) < 4.78 is 0. The van der Waals surface area contributed by atoms with Gasteiger partial charge in [-0.25, -0.2) is 0 Å². The number of carbonyl (C=O) groups is 1. The van der Waals surface area contributed by atoms with E-state index in [1.54, 1.807) is 0 Å². The van der Waals surface area contributed by atoms with E-state index in [1.807, 2.05) is 0 Å². The maximum absolute atomic E-state index is 11.3. The van der Waals surface area contributed by atoms with Gasteiger partial charge in [-0.05, 0) is 42.9 Å². The van der Waals surface area contributed by atoms with Crippen molar-refractivity contribution >= 4 is 11.7 Å². The van der Waals surface area contributed by atoms with Crippen LogP contribution in [0.3, 0.4) is 0 Å². The molecule has 2 heterocycles. The molecule has 3 aliphatic rings. The number of nitrogens with zero attached hydrogens (tertiary/aromatic N) is 2. The maximum Gasteiger partial charge on any atom is 0.249 e. The van der Waals surface area contributed by atoms with Crippen molar-refractivity contribution in [2.45, 2.75) is 32.1 Å². The second-order valence-electron chi connectivity index (χ2n) is 4.30. The van der Waals surface area contributed by atoms with Crippen LogP contribution in [0.25, 0.3) is 0 Å². The molecule has 15 heavy (non-hydrogen) atoms. The quantitative estimate of drug-likeness (QED) is 0.602. The lowest BCUT2D eigenvalue weighted by molar-refractivity contribution is -0.118. The summed E-state index contributed by atoms with van der Waals surface area (Å²) in [7, 11) is 0. The van der Waals surface area contributed by atoms with Gasteiger partial charge in [-0.3, -0.25) is 4.79 Å². The van der Waals surface area contributed by atoms with E-state index in [-0.39, 0.29) is 5.91 Å². The highest BCUT2D eigenvalue weighted by Gasteiger charge is 2.27. The van der Waals surface area contributed by atoms with E-state index in [0.29, 0.717) is 6.42 Å². The molecule has 3 heteroatoms. The highest BCUT2D eigenvalue weighted by Crippen LogP contribution is 2.31. The van der Waals surface area contributed by atoms with Crippen LogP contribution in [0, 0.1) is 0 Å². The summed E-state index contributed by atoms with van der Waals surface area (Å²) in [4.78, 5) is 17.6. The minimum atomic E-state index is 0.0361. The van der Waals surface area contributed by atoms with E-state index >= 15 is 0 Å². The first kappa shape index (κ1) is 8.89. The molecular weight excluding hydrogens is 188 g/mol. The third kappa shape index (κ3) is 1.42. The van der Waals surface area contributed by atoms with Crippen LogP contribution in [0.1, 0.15) is 32.1 Å². The second kappa shape index (κ2) is 3.33. The number of hydrogen-bond donors (Lipinski definition) is 0. The van der Waals surface area contributed by atoms with Gasteiger partial charge >= 0.3 is 0 Å². The van der Waals surface area contributed by atoms with Crippen molar-refractivity contribution in [2.75, 3.05) is 6.54 Å². The minimum Gasteiger partial charge on any atom is -0.332 e. The third-order valence-electron chi connectivity index (χ3n) is 3.31. The molecule has 0 fully saturated rings. The zero-order valence-corrected chi connectivity index (χ0v) is 8.70. The van der Waals surface area contributed by atoms with Gasteiger partial charge in [-0.15, -0.1) is 0 Å². The molecule has 0 radical (unpaired) electrons. The molecule has 0 aromatic carbocycles. The number of carbonyl (C=O) groups excluding carboxylic acids is 1. The summed E-state index contributed by atoms with van der Waals surface area (Å²) >= 11 is 0. The standard InChI is InChI=1S/C12H14N2O/c15-11-6-8-14-7-5-9-3-1-2-4-10(9)12(14)13-11/h5,7H,1-4,6,8H2. The zero-order valence-electron chi connectivity index (χ0n) is 8.70. The number of amidine groups is 1. The maximum atomic E-state index is 11.3. The first-order valence-corrected chi connectivity index (χ1v) is 5.63. The van der Waals surface area contributed by atoms with Gasteiger partial charge in [-0.1, -0.05) is 0 Å². The molecule has 0 saturated carbocycles. The fraction of sp³-hybridized carbons (Fsp3) is 0.500. The number of aliphatic imine (C=N–C) groups is 1. The second-order valence-corrected chi connectivity index (χ2v) is 4.30. The van der Waals surface area contributed by atoms with Crippen LogP contribution in [0.15, 0.2) is 28.4 Å². The number of amides is 1. The summed E-state index contributed by atoms with van der Waals surface area (Å²) in [5.74, 6) is 0.970. The Morgan fingerprint density at radius 3 is 3.00 bits per heavy atom.